The highest BCUT2D eigenvalue weighted by Gasteiger charge is 2.61. The second-order valence-corrected chi connectivity index (χ2v) is 7.24. The summed E-state index contributed by atoms with van der Waals surface area (Å²) < 4.78 is 0. The van der Waals surface area contributed by atoms with Crippen LogP contribution in [0.5, 0.6) is 0 Å². The summed E-state index contributed by atoms with van der Waals surface area (Å²) in [4.78, 5) is 15.9. The number of hydrogen-bond acceptors (Lipinski definition) is 2. The van der Waals surface area contributed by atoms with Crippen molar-refractivity contribution in [1.82, 2.24) is 15.6 Å². The van der Waals surface area contributed by atoms with E-state index in [9.17, 15) is 4.79 Å². The zero-order valence-corrected chi connectivity index (χ0v) is 12.6. The van der Waals surface area contributed by atoms with Gasteiger partial charge in [0, 0.05) is 23.8 Å². The van der Waals surface area contributed by atoms with Crippen LogP contribution in [0, 0.1) is 11.8 Å². The van der Waals surface area contributed by atoms with Gasteiger partial charge in [0.25, 0.3) is 5.91 Å². The molecule has 22 heavy (non-hydrogen) atoms. The van der Waals surface area contributed by atoms with Gasteiger partial charge < -0.3 is 15.6 Å². The highest BCUT2D eigenvalue weighted by Crippen LogP contribution is 2.51. The molecule has 114 valence electrons. The van der Waals surface area contributed by atoms with E-state index >= 15 is 0 Å². The molecular formula is C18H21N3O. The molecule has 4 heteroatoms. The molecule has 0 radical (unpaired) electrons. The second-order valence-electron chi connectivity index (χ2n) is 7.24. The maximum atomic E-state index is 12.7. The molecule has 4 aliphatic rings. The number of amides is 1. The lowest BCUT2D eigenvalue weighted by Gasteiger charge is -2.48. The Balaban J connectivity index is 1.42. The molecule has 3 N–H and O–H groups in total. The lowest BCUT2D eigenvalue weighted by Crippen LogP contribution is -2.60. The molecule has 3 aliphatic carbocycles. The SMILES string of the molecule is O=C(NC1C2CCC(CC2)[C@@]12CN2)c1ccc2cc[nH]c2c1. The number of carbonyl (C=O) groups is 1. The molecule has 4 fully saturated rings. The van der Waals surface area contributed by atoms with E-state index in [4.69, 9.17) is 0 Å². The Kier molecular flexibility index (Phi) is 2.51. The molecule has 1 amide bonds. The van der Waals surface area contributed by atoms with Crippen LogP contribution in [0.1, 0.15) is 36.0 Å². The fourth-order valence-electron chi connectivity index (χ4n) is 4.91. The number of hydrogen-bond donors (Lipinski definition) is 3. The van der Waals surface area contributed by atoms with Crippen molar-refractivity contribution >= 4 is 16.8 Å². The molecular weight excluding hydrogens is 274 g/mol. The summed E-state index contributed by atoms with van der Waals surface area (Å²) in [5.74, 6) is 1.48. The predicted octanol–water partition coefficient (Wildman–Crippen LogP) is 2.43. The largest absolute Gasteiger partial charge is 0.361 e. The van der Waals surface area contributed by atoms with Crippen LogP contribution >= 0.6 is 0 Å². The van der Waals surface area contributed by atoms with E-state index in [0.717, 1.165) is 28.9 Å². The monoisotopic (exact) mass is 295 g/mol. The first kappa shape index (κ1) is 12.7. The number of benzene rings is 1. The van der Waals surface area contributed by atoms with E-state index in [1.807, 2.05) is 30.5 Å². The molecule has 1 aliphatic heterocycles. The Morgan fingerprint density at radius 1 is 1.18 bits per heavy atom. The Hall–Kier alpha value is -1.81. The lowest BCUT2D eigenvalue weighted by molar-refractivity contribution is 0.0634. The molecule has 6 rings (SSSR count). The van der Waals surface area contributed by atoms with Crippen LogP contribution < -0.4 is 10.6 Å². The maximum absolute atomic E-state index is 12.7. The second kappa shape index (κ2) is 4.35. The first-order valence-electron chi connectivity index (χ1n) is 8.39. The average molecular weight is 295 g/mol. The summed E-state index contributed by atoms with van der Waals surface area (Å²) >= 11 is 0. The molecule has 2 aromatic rings. The van der Waals surface area contributed by atoms with Crippen molar-refractivity contribution in [3.63, 3.8) is 0 Å². The van der Waals surface area contributed by atoms with Crippen molar-refractivity contribution in [3.8, 4) is 0 Å². The van der Waals surface area contributed by atoms with E-state index in [0.29, 0.717) is 12.0 Å². The molecule has 2 bridgehead atoms. The van der Waals surface area contributed by atoms with Gasteiger partial charge in [-0.3, -0.25) is 4.79 Å². The standard InChI is InChI=1S/C18H21N3O/c22-17(13-2-1-11-7-8-19-15(11)9-13)21-16-12-3-5-14(6-4-12)18(16)10-20-18/h1-2,7-9,12,14,16,19-20H,3-6,10H2,(H,21,22)/t12?,14?,16?,18-/m0/s1. The maximum Gasteiger partial charge on any atom is 0.251 e. The van der Waals surface area contributed by atoms with Gasteiger partial charge >= 0.3 is 0 Å². The average Bonchev–Trinajstić information content (AvgIpc) is 3.18. The minimum atomic E-state index is 0.0714. The molecule has 3 saturated carbocycles. The summed E-state index contributed by atoms with van der Waals surface area (Å²) in [6.45, 7) is 1.08. The third-order valence-corrected chi connectivity index (χ3v) is 6.22. The molecule has 4 nitrogen and oxygen atoms in total. The van der Waals surface area contributed by atoms with E-state index in [-0.39, 0.29) is 11.4 Å². The van der Waals surface area contributed by atoms with E-state index < -0.39 is 0 Å². The number of fused-ring (bicyclic) bond motifs is 3. The van der Waals surface area contributed by atoms with Gasteiger partial charge in [0.15, 0.2) is 0 Å². The number of nitrogens with one attached hydrogen (secondary N) is 3. The van der Waals surface area contributed by atoms with Crippen LogP contribution in [0.15, 0.2) is 30.5 Å². The van der Waals surface area contributed by atoms with Crippen LogP contribution in [-0.4, -0.2) is 29.0 Å². The smallest absolute Gasteiger partial charge is 0.251 e. The third kappa shape index (κ3) is 1.70. The summed E-state index contributed by atoms with van der Waals surface area (Å²) in [7, 11) is 0. The Bertz CT molecular complexity index is 738. The molecule has 1 spiro atoms. The lowest BCUT2D eigenvalue weighted by atomic mass is 9.61. The van der Waals surface area contributed by atoms with Crippen molar-refractivity contribution in [3.05, 3.63) is 36.0 Å². The fraction of sp³-hybridized carbons (Fsp3) is 0.500. The molecule has 2 heterocycles. The first-order valence-corrected chi connectivity index (χ1v) is 8.39. The Morgan fingerprint density at radius 2 is 2.00 bits per heavy atom. The summed E-state index contributed by atoms with van der Waals surface area (Å²) in [5, 5.41) is 8.10. The van der Waals surface area contributed by atoms with Crippen LogP contribution in [0.25, 0.3) is 10.9 Å². The zero-order chi connectivity index (χ0) is 14.7. The normalized spacial score (nSPS) is 35.9. The van der Waals surface area contributed by atoms with Gasteiger partial charge in [-0.15, -0.1) is 0 Å². The third-order valence-electron chi connectivity index (χ3n) is 6.22. The molecule has 1 unspecified atom stereocenters. The van der Waals surface area contributed by atoms with Crippen molar-refractivity contribution in [2.24, 2.45) is 11.8 Å². The predicted molar refractivity (Wildman–Crippen MR) is 85.7 cm³/mol. The van der Waals surface area contributed by atoms with Gasteiger partial charge in [0.1, 0.15) is 0 Å². The van der Waals surface area contributed by atoms with Gasteiger partial charge in [-0.2, -0.15) is 0 Å². The van der Waals surface area contributed by atoms with Crippen LogP contribution in [0.2, 0.25) is 0 Å². The highest BCUT2D eigenvalue weighted by atomic mass is 16.1. The minimum Gasteiger partial charge on any atom is -0.361 e. The van der Waals surface area contributed by atoms with Gasteiger partial charge in [-0.1, -0.05) is 6.07 Å². The van der Waals surface area contributed by atoms with E-state index in [1.165, 1.54) is 25.7 Å². The summed E-state index contributed by atoms with van der Waals surface area (Å²) in [6.07, 6.45) is 7.12. The molecule has 2 atom stereocenters. The van der Waals surface area contributed by atoms with Crippen molar-refractivity contribution in [1.29, 1.82) is 0 Å². The van der Waals surface area contributed by atoms with Gasteiger partial charge in [0.2, 0.25) is 0 Å². The quantitative estimate of drug-likeness (QED) is 0.745. The van der Waals surface area contributed by atoms with Gasteiger partial charge in [-0.05, 0) is 61.1 Å². The van der Waals surface area contributed by atoms with Gasteiger partial charge in [-0.25, -0.2) is 0 Å². The Morgan fingerprint density at radius 3 is 2.77 bits per heavy atom. The fourth-order valence-corrected chi connectivity index (χ4v) is 4.91. The Labute approximate surface area is 129 Å². The summed E-state index contributed by atoms with van der Waals surface area (Å²) in [5.41, 5.74) is 2.00. The van der Waals surface area contributed by atoms with E-state index in [1.54, 1.807) is 0 Å². The number of rotatable bonds is 2. The van der Waals surface area contributed by atoms with Crippen LogP contribution in [-0.2, 0) is 0 Å². The molecule has 1 aromatic heterocycles. The topological polar surface area (TPSA) is 66.8 Å². The number of aromatic nitrogens is 1. The van der Waals surface area contributed by atoms with Crippen molar-refractivity contribution in [2.75, 3.05) is 6.54 Å². The minimum absolute atomic E-state index is 0.0714. The van der Waals surface area contributed by atoms with Crippen LogP contribution in [0.4, 0.5) is 0 Å². The molecule has 1 saturated heterocycles. The van der Waals surface area contributed by atoms with E-state index in [2.05, 4.69) is 15.6 Å². The number of H-pyrrole nitrogens is 1. The van der Waals surface area contributed by atoms with Gasteiger partial charge in [0.05, 0.1) is 11.6 Å². The number of carbonyl (C=O) groups excluding carboxylic acids is 1. The van der Waals surface area contributed by atoms with Crippen molar-refractivity contribution < 1.29 is 4.79 Å². The van der Waals surface area contributed by atoms with Crippen LogP contribution in [0.3, 0.4) is 0 Å². The zero-order valence-electron chi connectivity index (χ0n) is 12.6. The van der Waals surface area contributed by atoms with Crippen molar-refractivity contribution in [2.45, 2.75) is 37.3 Å². The first-order chi connectivity index (χ1) is 10.8. The molecule has 1 aromatic carbocycles. The number of aromatic amines is 1. The summed E-state index contributed by atoms with van der Waals surface area (Å²) in [6, 6.07) is 8.24. The highest BCUT2D eigenvalue weighted by molar-refractivity contribution is 5.98.